The number of amides is 1. The van der Waals surface area contributed by atoms with Crippen molar-refractivity contribution in [2.75, 3.05) is 5.75 Å². The molecule has 0 fully saturated rings. The van der Waals surface area contributed by atoms with E-state index in [0.29, 0.717) is 23.1 Å². The van der Waals surface area contributed by atoms with Crippen LogP contribution >= 0.6 is 23.4 Å². The average Bonchev–Trinajstić information content (AvgIpc) is 2.88. The summed E-state index contributed by atoms with van der Waals surface area (Å²) < 4.78 is 0. The molecule has 7 heteroatoms. The number of thioether (sulfide) groups is 1. The Labute approximate surface area is 113 Å². The largest absolute Gasteiger partial charge is 0.348 e. The Morgan fingerprint density at radius 3 is 3.00 bits per heavy atom. The topological polar surface area (TPSA) is 70.7 Å². The van der Waals surface area contributed by atoms with E-state index in [1.54, 1.807) is 6.07 Å². The van der Waals surface area contributed by atoms with Crippen molar-refractivity contribution in [1.82, 2.24) is 20.5 Å². The summed E-state index contributed by atoms with van der Waals surface area (Å²) in [6, 6.07) is 7.43. The lowest BCUT2D eigenvalue weighted by Crippen LogP contribution is -2.25. The highest BCUT2D eigenvalue weighted by atomic mass is 35.5. The first-order chi connectivity index (χ1) is 8.75. The van der Waals surface area contributed by atoms with Gasteiger partial charge in [-0.15, -0.1) is 11.8 Å². The Bertz CT molecular complexity index is 518. The Balaban J connectivity index is 1.77. The molecule has 1 heterocycles. The van der Waals surface area contributed by atoms with Crippen LogP contribution in [0, 0.1) is 0 Å². The lowest BCUT2D eigenvalue weighted by molar-refractivity contribution is -0.118. The smallest absolute Gasteiger partial charge is 0.230 e. The van der Waals surface area contributed by atoms with Crippen LogP contribution < -0.4 is 5.32 Å². The summed E-state index contributed by atoms with van der Waals surface area (Å²) in [5.41, 5.74) is 0. The van der Waals surface area contributed by atoms with Crippen LogP contribution in [-0.4, -0.2) is 26.8 Å². The lowest BCUT2D eigenvalue weighted by Gasteiger charge is -2.04. The van der Waals surface area contributed by atoms with Gasteiger partial charge in [-0.25, -0.2) is 4.98 Å². The molecule has 1 aromatic carbocycles. The molecule has 94 valence electrons. The number of hydrogen-bond donors (Lipinski definition) is 2. The fraction of sp³-hybridized carbons (Fsp3) is 0.182. The van der Waals surface area contributed by atoms with Crippen molar-refractivity contribution in [1.29, 1.82) is 0 Å². The normalized spacial score (nSPS) is 10.3. The molecule has 0 saturated carbocycles. The first-order valence-electron chi connectivity index (χ1n) is 5.24. The van der Waals surface area contributed by atoms with E-state index in [-0.39, 0.29) is 5.91 Å². The van der Waals surface area contributed by atoms with E-state index in [1.165, 1.54) is 18.1 Å². The van der Waals surface area contributed by atoms with Crippen LogP contribution in [0.2, 0.25) is 5.02 Å². The number of benzene rings is 1. The van der Waals surface area contributed by atoms with Crippen LogP contribution in [0.4, 0.5) is 0 Å². The molecule has 0 spiro atoms. The molecule has 18 heavy (non-hydrogen) atoms. The van der Waals surface area contributed by atoms with Gasteiger partial charge in [0.15, 0.2) is 0 Å². The van der Waals surface area contributed by atoms with Crippen molar-refractivity contribution in [2.24, 2.45) is 0 Å². The van der Waals surface area contributed by atoms with Crippen molar-refractivity contribution in [3.8, 4) is 0 Å². The van der Waals surface area contributed by atoms with Crippen molar-refractivity contribution in [3.63, 3.8) is 0 Å². The monoisotopic (exact) mass is 282 g/mol. The molecular formula is C11H11ClN4OS. The standard InChI is InChI=1S/C11H11ClN4OS/c12-8-3-1-2-4-9(8)18-6-11(17)13-5-10-14-7-15-16-10/h1-4,7H,5-6H2,(H,13,17)(H,14,15,16). The zero-order chi connectivity index (χ0) is 12.8. The zero-order valence-corrected chi connectivity index (χ0v) is 11.0. The molecule has 0 saturated heterocycles. The minimum Gasteiger partial charge on any atom is -0.348 e. The van der Waals surface area contributed by atoms with Gasteiger partial charge >= 0.3 is 0 Å². The van der Waals surface area contributed by atoms with E-state index in [2.05, 4.69) is 20.5 Å². The quantitative estimate of drug-likeness (QED) is 0.821. The molecule has 0 unspecified atom stereocenters. The molecular weight excluding hydrogens is 272 g/mol. The highest BCUT2D eigenvalue weighted by Crippen LogP contribution is 2.26. The van der Waals surface area contributed by atoms with Gasteiger partial charge in [-0.2, -0.15) is 5.10 Å². The predicted molar refractivity (Wildman–Crippen MR) is 70.4 cm³/mol. The number of carbonyl (C=O) groups excluding carboxylic acids is 1. The molecule has 1 aromatic heterocycles. The summed E-state index contributed by atoms with van der Waals surface area (Å²) in [5, 5.41) is 9.76. The van der Waals surface area contributed by atoms with Gasteiger partial charge in [-0.05, 0) is 12.1 Å². The molecule has 2 N–H and O–H groups in total. The van der Waals surface area contributed by atoms with Gasteiger partial charge in [0.25, 0.3) is 0 Å². The molecule has 2 aromatic rings. The number of aromatic nitrogens is 3. The number of carbonyl (C=O) groups is 1. The molecule has 1 amide bonds. The third-order valence-corrected chi connectivity index (χ3v) is 3.63. The van der Waals surface area contributed by atoms with Gasteiger partial charge in [0.1, 0.15) is 12.2 Å². The Morgan fingerprint density at radius 2 is 2.28 bits per heavy atom. The van der Waals surface area contributed by atoms with Crippen LogP contribution in [0.3, 0.4) is 0 Å². The number of nitrogens with one attached hydrogen (secondary N) is 2. The molecule has 0 bridgehead atoms. The Hall–Kier alpha value is -1.53. The van der Waals surface area contributed by atoms with Crippen LogP contribution in [0.1, 0.15) is 5.82 Å². The number of H-pyrrole nitrogens is 1. The van der Waals surface area contributed by atoms with E-state index in [9.17, 15) is 4.79 Å². The minimum absolute atomic E-state index is 0.0729. The second-order valence-electron chi connectivity index (χ2n) is 3.43. The SMILES string of the molecule is O=C(CSc1ccccc1Cl)NCc1ncn[nH]1. The highest BCUT2D eigenvalue weighted by Gasteiger charge is 2.05. The number of nitrogens with zero attached hydrogens (tertiary/aromatic N) is 2. The molecule has 2 rings (SSSR count). The third kappa shape index (κ3) is 3.75. The van der Waals surface area contributed by atoms with Crippen LogP contribution in [0.15, 0.2) is 35.5 Å². The number of hydrogen-bond acceptors (Lipinski definition) is 4. The summed E-state index contributed by atoms with van der Waals surface area (Å²) >= 11 is 7.39. The summed E-state index contributed by atoms with van der Waals surface area (Å²) in [6.45, 7) is 0.349. The van der Waals surface area contributed by atoms with Crippen LogP contribution in [0.25, 0.3) is 0 Å². The van der Waals surface area contributed by atoms with Gasteiger partial charge in [0.2, 0.25) is 5.91 Å². The summed E-state index contributed by atoms with van der Waals surface area (Å²) in [7, 11) is 0. The molecule has 5 nitrogen and oxygen atoms in total. The highest BCUT2D eigenvalue weighted by molar-refractivity contribution is 8.00. The molecule has 0 atom stereocenters. The van der Waals surface area contributed by atoms with Crippen LogP contribution in [-0.2, 0) is 11.3 Å². The third-order valence-electron chi connectivity index (χ3n) is 2.11. The maximum atomic E-state index is 11.6. The van der Waals surface area contributed by atoms with Gasteiger partial charge < -0.3 is 5.32 Å². The number of halogens is 1. The van der Waals surface area contributed by atoms with Crippen molar-refractivity contribution < 1.29 is 4.79 Å². The number of aromatic amines is 1. The second-order valence-corrected chi connectivity index (χ2v) is 4.85. The Kier molecular flexibility index (Phi) is 4.60. The van der Waals surface area contributed by atoms with E-state index >= 15 is 0 Å². The van der Waals surface area contributed by atoms with Gasteiger partial charge in [0.05, 0.1) is 17.3 Å². The van der Waals surface area contributed by atoms with Crippen LogP contribution in [0.5, 0.6) is 0 Å². The summed E-state index contributed by atoms with van der Waals surface area (Å²) in [4.78, 5) is 16.4. The van der Waals surface area contributed by atoms with E-state index in [0.717, 1.165) is 4.90 Å². The maximum Gasteiger partial charge on any atom is 0.230 e. The van der Waals surface area contributed by atoms with Crippen molar-refractivity contribution >= 4 is 29.3 Å². The first kappa shape index (κ1) is 12.9. The fourth-order valence-electron chi connectivity index (χ4n) is 1.25. The van der Waals surface area contributed by atoms with Gasteiger partial charge in [-0.3, -0.25) is 9.89 Å². The van der Waals surface area contributed by atoms with E-state index in [4.69, 9.17) is 11.6 Å². The van der Waals surface area contributed by atoms with Gasteiger partial charge in [0, 0.05) is 4.90 Å². The van der Waals surface area contributed by atoms with Crippen molar-refractivity contribution in [3.05, 3.63) is 41.4 Å². The van der Waals surface area contributed by atoms with E-state index in [1.807, 2.05) is 18.2 Å². The lowest BCUT2D eigenvalue weighted by atomic mass is 10.4. The fourth-order valence-corrected chi connectivity index (χ4v) is 2.32. The van der Waals surface area contributed by atoms with Gasteiger partial charge in [-0.1, -0.05) is 23.7 Å². The number of rotatable bonds is 5. The summed E-state index contributed by atoms with van der Waals surface area (Å²) in [5.74, 6) is 0.875. The van der Waals surface area contributed by atoms with Crippen molar-refractivity contribution in [2.45, 2.75) is 11.4 Å². The summed E-state index contributed by atoms with van der Waals surface area (Å²) in [6.07, 6.45) is 1.40. The Morgan fingerprint density at radius 1 is 1.44 bits per heavy atom. The average molecular weight is 283 g/mol. The molecule has 0 aliphatic rings. The minimum atomic E-state index is -0.0729. The second kappa shape index (κ2) is 6.42. The maximum absolute atomic E-state index is 11.6. The molecule has 0 aliphatic heterocycles. The first-order valence-corrected chi connectivity index (χ1v) is 6.60. The predicted octanol–water partition coefficient (Wildman–Crippen LogP) is 1.87. The molecule has 0 aliphatic carbocycles. The zero-order valence-electron chi connectivity index (χ0n) is 9.39. The van der Waals surface area contributed by atoms with E-state index < -0.39 is 0 Å². The molecule has 0 radical (unpaired) electrons.